The van der Waals surface area contributed by atoms with E-state index in [0.29, 0.717) is 0 Å². The highest BCUT2D eigenvalue weighted by atomic mass is 15.3. The summed E-state index contributed by atoms with van der Waals surface area (Å²) < 4.78 is 1.86. The van der Waals surface area contributed by atoms with Gasteiger partial charge in [-0.3, -0.25) is 4.68 Å². The van der Waals surface area contributed by atoms with Gasteiger partial charge in [-0.15, -0.1) is 0 Å². The van der Waals surface area contributed by atoms with E-state index in [1.54, 1.807) is 0 Å². The predicted octanol–water partition coefficient (Wildman–Crippen LogP) is 2.35. The van der Waals surface area contributed by atoms with Crippen LogP contribution in [0.5, 0.6) is 0 Å². The van der Waals surface area contributed by atoms with Crippen molar-refractivity contribution in [3.8, 4) is 0 Å². The highest BCUT2D eigenvalue weighted by Gasteiger charge is 2.15. The maximum Gasteiger partial charge on any atom is 0.0644 e. The highest BCUT2D eigenvalue weighted by molar-refractivity contribution is 5.27. The Balaban J connectivity index is 2.88. The summed E-state index contributed by atoms with van der Waals surface area (Å²) in [6, 6.07) is 0.235. The lowest BCUT2D eigenvalue weighted by Crippen LogP contribution is -2.23. The van der Waals surface area contributed by atoms with Crippen LogP contribution in [0.3, 0.4) is 0 Å². The summed E-state index contributed by atoms with van der Waals surface area (Å²) >= 11 is 0. The molecule has 1 unspecified atom stereocenters. The van der Waals surface area contributed by atoms with E-state index in [1.807, 2.05) is 18.7 Å². The monoisotopic (exact) mass is 207 g/mol. The van der Waals surface area contributed by atoms with Crippen LogP contribution < -0.4 is 5.32 Å². The van der Waals surface area contributed by atoms with E-state index in [2.05, 4.69) is 37.0 Å². The average Bonchev–Trinajstić information content (AvgIpc) is 2.46. The molecule has 1 heterocycles. The Morgan fingerprint density at radius 2 is 2.33 bits per heavy atom. The molecule has 1 atom stereocenters. The number of hydrogen-bond donors (Lipinski definition) is 1. The summed E-state index contributed by atoms with van der Waals surface area (Å²) in [6.07, 6.45) is 3.19. The molecule has 0 amide bonds. The van der Waals surface area contributed by atoms with Crippen LogP contribution in [-0.4, -0.2) is 16.3 Å². The maximum absolute atomic E-state index is 4.36. The quantitative estimate of drug-likeness (QED) is 0.751. The third-order valence-electron chi connectivity index (χ3n) is 2.45. The average molecular weight is 207 g/mol. The highest BCUT2D eigenvalue weighted by Crippen LogP contribution is 2.22. The molecule has 3 heteroatoms. The number of aromatic nitrogens is 2. The Labute approximate surface area is 92.2 Å². The molecule has 0 aliphatic heterocycles. The molecule has 0 saturated heterocycles. The lowest BCUT2D eigenvalue weighted by atomic mass is 10.0. The second-order valence-electron chi connectivity index (χ2n) is 4.08. The summed E-state index contributed by atoms with van der Waals surface area (Å²) in [6.45, 7) is 11.3. The van der Waals surface area contributed by atoms with Crippen molar-refractivity contribution in [1.82, 2.24) is 15.1 Å². The Kier molecular flexibility index (Phi) is 4.09. The first-order chi connectivity index (χ1) is 7.06. The summed E-state index contributed by atoms with van der Waals surface area (Å²) in [5, 5.41) is 7.84. The summed E-state index contributed by atoms with van der Waals surface area (Å²) in [5.74, 6) is 0. The van der Waals surface area contributed by atoms with Gasteiger partial charge in [-0.25, -0.2) is 0 Å². The van der Waals surface area contributed by atoms with Gasteiger partial charge in [0.15, 0.2) is 0 Å². The van der Waals surface area contributed by atoms with Gasteiger partial charge < -0.3 is 5.32 Å². The van der Waals surface area contributed by atoms with Gasteiger partial charge in [0.1, 0.15) is 0 Å². The Morgan fingerprint density at radius 3 is 2.73 bits per heavy atom. The fourth-order valence-electron chi connectivity index (χ4n) is 1.74. The molecule has 0 spiro atoms. The van der Waals surface area contributed by atoms with Gasteiger partial charge in [-0.05, 0) is 26.8 Å². The van der Waals surface area contributed by atoms with Crippen molar-refractivity contribution >= 4 is 0 Å². The predicted molar refractivity (Wildman–Crippen MR) is 63.8 cm³/mol. The van der Waals surface area contributed by atoms with Crippen molar-refractivity contribution in [3.63, 3.8) is 0 Å². The lowest BCUT2D eigenvalue weighted by molar-refractivity contribution is 0.588. The zero-order valence-corrected chi connectivity index (χ0v) is 10.2. The molecule has 1 aromatic rings. The normalized spacial score (nSPS) is 12.8. The van der Waals surface area contributed by atoms with E-state index in [1.165, 1.54) is 5.56 Å². The van der Waals surface area contributed by atoms with Crippen LogP contribution in [0.2, 0.25) is 0 Å². The van der Waals surface area contributed by atoms with Crippen LogP contribution in [0.25, 0.3) is 0 Å². The number of nitrogens with one attached hydrogen (secondary N) is 1. The summed E-state index contributed by atoms with van der Waals surface area (Å²) in [4.78, 5) is 0. The second kappa shape index (κ2) is 5.12. The first-order valence-corrected chi connectivity index (χ1v) is 5.45. The SMILES string of the molecule is C=C(C)C(NCCC)c1cn(C)nc1C. The van der Waals surface area contributed by atoms with Crippen molar-refractivity contribution in [2.75, 3.05) is 6.54 Å². The van der Waals surface area contributed by atoms with E-state index in [-0.39, 0.29) is 6.04 Å². The van der Waals surface area contributed by atoms with Gasteiger partial charge in [0, 0.05) is 18.8 Å². The van der Waals surface area contributed by atoms with Crippen molar-refractivity contribution in [1.29, 1.82) is 0 Å². The van der Waals surface area contributed by atoms with E-state index >= 15 is 0 Å². The fourth-order valence-corrected chi connectivity index (χ4v) is 1.74. The van der Waals surface area contributed by atoms with Crippen LogP contribution in [0.1, 0.15) is 37.6 Å². The molecule has 84 valence electrons. The molecule has 3 nitrogen and oxygen atoms in total. The van der Waals surface area contributed by atoms with E-state index in [9.17, 15) is 0 Å². The standard InChI is InChI=1S/C12H21N3/c1-6-7-13-12(9(2)3)11-8-15(5)14-10(11)4/h8,12-13H,2,6-7H2,1,3-5H3. The molecular weight excluding hydrogens is 186 g/mol. The van der Waals surface area contributed by atoms with Crippen molar-refractivity contribution in [2.24, 2.45) is 7.05 Å². The van der Waals surface area contributed by atoms with Crippen molar-refractivity contribution in [3.05, 3.63) is 29.6 Å². The molecule has 1 aromatic heterocycles. The Hall–Kier alpha value is -1.09. The topological polar surface area (TPSA) is 29.9 Å². The van der Waals surface area contributed by atoms with Crippen molar-refractivity contribution < 1.29 is 0 Å². The molecule has 0 saturated carbocycles. The minimum absolute atomic E-state index is 0.235. The molecule has 0 radical (unpaired) electrons. The Morgan fingerprint density at radius 1 is 1.67 bits per heavy atom. The third-order valence-corrected chi connectivity index (χ3v) is 2.45. The molecule has 1 rings (SSSR count). The minimum atomic E-state index is 0.235. The molecule has 0 aliphatic rings. The zero-order valence-electron chi connectivity index (χ0n) is 10.2. The third kappa shape index (κ3) is 2.93. The first kappa shape index (κ1) is 12.0. The van der Waals surface area contributed by atoms with Gasteiger partial charge >= 0.3 is 0 Å². The van der Waals surface area contributed by atoms with Crippen molar-refractivity contribution in [2.45, 2.75) is 33.2 Å². The molecule has 0 aliphatic carbocycles. The summed E-state index contributed by atoms with van der Waals surface area (Å²) in [5.41, 5.74) is 3.45. The zero-order chi connectivity index (χ0) is 11.4. The van der Waals surface area contributed by atoms with Crippen LogP contribution in [0, 0.1) is 6.92 Å². The smallest absolute Gasteiger partial charge is 0.0644 e. The van der Waals surface area contributed by atoms with Gasteiger partial charge in [0.2, 0.25) is 0 Å². The first-order valence-electron chi connectivity index (χ1n) is 5.45. The van der Waals surface area contributed by atoms with E-state index in [0.717, 1.165) is 24.2 Å². The van der Waals surface area contributed by atoms with Crippen LogP contribution >= 0.6 is 0 Å². The van der Waals surface area contributed by atoms with Crippen LogP contribution in [0.4, 0.5) is 0 Å². The van der Waals surface area contributed by atoms with Gasteiger partial charge in [0.05, 0.1) is 11.7 Å². The number of nitrogens with zero attached hydrogens (tertiary/aromatic N) is 2. The molecule has 1 N–H and O–H groups in total. The number of hydrogen-bond acceptors (Lipinski definition) is 2. The van der Waals surface area contributed by atoms with E-state index in [4.69, 9.17) is 0 Å². The lowest BCUT2D eigenvalue weighted by Gasteiger charge is -2.17. The second-order valence-corrected chi connectivity index (χ2v) is 4.08. The molecule has 0 fully saturated rings. The molecule has 0 bridgehead atoms. The number of rotatable bonds is 5. The molecule has 0 aromatic carbocycles. The fraction of sp³-hybridized carbons (Fsp3) is 0.583. The van der Waals surface area contributed by atoms with Crippen LogP contribution in [-0.2, 0) is 7.05 Å². The van der Waals surface area contributed by atoms with Crippen LogP contribution in [0.15, 0.2) is 18.3 Å². The number of aryl methyl sites for hydroxylation is 2. The minimum Gasteiger partial charge on any atom is -0.306 e. The van der Waals surface area contributed by atoms with Gasteiger partial charge in [0.25, 0.3) is 0 Å². The van der Waals surface area contributed by atoms with Gasteiger partial charge in [-0.2, -0.15) is 5.10 Å². The largest absolute Gasteiger partial charge is 0.306 e. The molecule has 15 heavy (non-hydrogen) atoms. The van der Waals surface area contributed by atoms with E-state index < -0.39 is 0 Å². The van der Waals surface area contributed by atoms with Gasteiger partial charge in [-0.1, -0.05) is 19.1 Å². The summed E-state index contributed by atoms with van der Waals surface area (Å²) in [7, 11) is 1.95. The Bertz CT molecular complexity index is 339. The molecular formula is C12H21N3. The maximum atomic E-state index is 4.36.